The summed E-state index contributed by atoms with van der Waals surface area (Å²) in [6.45, 7) is 0. The van der Waals surface area contributed by atoms with Gasteiger partial charge >= 0.3 is 0 Å². The fourth-order valence-corrected chi connectivity index (χ4v) is 2.80. The summed E-state index contributed by atoms with van der Waals surface area (Å²) in [5.41, 5.74) is 1.30. The van der Waals surface area contributed by atoms with E-state index in [0.29, 0.717) is 10.6 Å². The van der Waals surface area contributed by atoms with E-state index in [1.807, 2.05) is 18.2 Å². The van der Waals surface area contributed by atoms with Crippen LogP contribution in [0, 0.1) is 0 Å². The minimum absolute atomic E-state index is 0.183. The summed E-state index contributed by atoms with van der Waals surface area (Å²) in [5, 5.41) is 5.24. The van der Waals surface area contributed by atoms with Crippen LogP contribution in [0.15, 0.2) is 42.7 Å². The van der Waals surface area contributed by atoms with E-state index in [0.717, 1.165) is 11.1 Å². The molecule has 0 radical (unpaired) electrons. The molecular weight excluding hydrogens is 290 g/mol. The fraction of sp³-hybridized carbons (Fsp3) is 0.200. The maximum Gasteiger partial charge on any atom is 0.255 e. The van der Waals surface area contributed by atoms with Crippen molar-refractivity contribution in [3.05, 3.63) is 64.4 Å². The van der Waals surface area contributed by atoms with Gasteiger partial charge < -0.3 is 5.32 Å². The van der Waals surface area contributed by atoms with Crippen molar-refractivity contribution in [2.24, 2.45) is 0 Å². The van der Waals surface area contributed by atoms with Gasteiger partial charge in [0.2, 0.25) is 0 Å². The molecule has 0 aliphatic carbocycles. The lowest BCUT2D eigenvalue weighted by molar-refractivity contribution is -0.178. The Morgan fingerprint density at radius 1 is 1.29 bits per heavy atom. The Morgan fingerprint density at radius 2 is 2.00 bits per heavy atom. The summed E-state index contributed by atoms with van der Waals surface area (Å²) in [6.07, 6.45) is 3.22. The number of carbonyl (C=O) groups excluding carboxylic acids is 1. The predicted octanol–water partition coefficient (Wildman–Crippen LogP) is 2.17. The first-order valence-corrected chi connectivity index (χ1v) is 6.78. The number of amides is 1. The second-order valence-electron chi connectivity index (χ2n) is 4.77. The number of nitrogens with zero attached hydrogens (tertiary/aromatic N) is 2. The number of benzene rings is 1. The number of hydrogen-bond acceptors (Lipinski definition) is 4. The van der Waals surface area contributed by atoms with Gasteiger partial charge in [0.1, 0.15) is 0 Å². The number of rotatable bonds is 3. The molecule has 0 saturated carbocycles. The molecular formula is C15H14ClN3O2. The third-order valence-electron chi connectivity index (χ3n) is 3.76. The zero-order valence-corrected chi connectivity index (χ0v) is 12.4. The molecule has 2 aromatic rings. The number of fused-ring (bicyclic) bond motifs is 1. The van der Waals surface area contributed by atoms with E-state index in [4.69, 9.17) is 16.4 Å². The standard InChI is InChI=1S/C15H14ClN3O2/c1-19(21-2)15(10-3-5-11(16)6-4-10)13-7-8-17-9-12(13)14(20)18-15/h3-9H,1-2H3,(H,18,20). The lowest BCUT2D eigenvalue weighted by atomic mass is 9.92. The van der Waals surface area contributed by atoms with Crippen molar-refractivity contribution >= 4 is 17.5 Å². The molecule has 1 N–H and O–H groups in total. The molecule has 2 heterocycles. The molecule has 0 saturated heterocycles. The lowest BCUT2D eigenvalue weighted by Gasteiger charge is -2.37. The largest absolute Gasteiger partial charge is 0.324 e. The van der Waals surface area contributed by atoms with E-state index in [9.17, 15) is 4.79 Å². The van der Waals surface area contributed by atoms with Crippen molar-refractivity contribution in [3.8, 4) is 0 Å². The zero-order valence-electron chi connectivity index (χ0n) is 11.6. The summed E-state index contributed by atoms with van der Waals surface area (Å²) in [4.78, 5) is 21.7. The molecule has 1 aromatic heterocycles. The Morgan fingerprint density at radius 3 is 2.67 bits per heavy atom. The monoisotopic (exact) mass is 303 g/mol. The highest BCUT2D eigenvalue weighted by atomic mass is 35.5. The quantitative estimate of drug-likeness (QED) is 0.883. The number of hydroxylamine groups is 2. The van der Waals surface area contributed by atoms with Crippen LogP contribution in [0.4, 0.5) is 0 Å². The smallest absolute Gasteiger partial charge is 0.255 e. The molecule has 108 valence electrons. The van der Waals surface area contributed by atoms with Crippen molar-refractivity contribution in [2.75, 3.05) is 14.2 Å². The van der Waals surface area contributed by atoms with Gasteiger partial charge in [-0.3, -0.25) is 14.6 Å². The predicted molar refractivity (Wildman–Crippen MR) is 78.7 cm³/mol. The zero-order chi connectivity index (χ0) is 15.0. The van der Waals surface area contributed by atoms with Gasteiger partial charge in [0.15, 0.2) is 5.66 Å². The SMILES string of the molecule is CON(C)C1(c2ccc(Cl)cc2)NC(=O)c2cnccc21. The topological polar surface area (TPSA) is 54.5 Å². The molecule has 5 nitrogen and oxygen atoms in total. The van der Waals surface area contributed by atoms with Gasteiger partial charge in [0.05, 0.1) is 12.7 Å². The first kappa shape index (κ1) is 14.0. The van der Waals surface area contributed by atoms with E-state index in [1.165, 1.54) is 0 Å². The average Bonchev–Trinajstić information content (AvgIpc) is 2.82. The van der Waals surface area contributed by atoms with Gasteiger partial charge in [-0.25, -0.2) is 0 Å². The van der Waals surface area contributed by atoms with Gasteiger partial charge in [0, 0.05) is 30.0 Å². The molecule has 1 aromatic carbocycles. The number of aromatic nitrogens is 1. The Hall–Kier alpha value is -1.95. The Balaban J connectivity index is 2.25. The van der Waals surface area contributed by atoms with Gasteiger partial charge in [-0.1, -0.05) is 23.7 Å². The average molecular weight is 304 g/mol. The highest BCUT2D eigenvalue weighted by molar-refractivity contribution is 6.30. The molecule has 3 rings (SSSR count). The minimum Gasteiger partial charge on any atom is -0.324 e. The summed E-state index contributed by atoms with van der Waals surface area (Å²) in [5.74, 6) is -0.183. The van der Waals surface area contributed by atoms with Crippen LogP contribution in [0.2, 0.25) is 5.02 Å². The van der Waals surface area contributed by atoms with Gasteiger partial charge in [0.25, 0.3) is 5.91 Å². The Bertz CT molecular complexity index is 690. The van der Waals surface area contributed by atoms with Crippen LogP contribution in [0.5, 0.6) is 0 Å². The lowest BCUT2D eigenvalue weighted by Crippen LogP contribution is -2.52. The van der Waals surface area contributed by atoms with Gasteiger partial charge in [-0.15, -0.1) is 0 Å². The number of halogens is 1. The summed E-state index contributed by atoms with van der Waals surface area (Å²) in [6, 6.07) is 9.12. The Kier molecular flexibility index (Phi) is 3.41. The van der Waals surface area contributed by atoms with Crippen LogP contribution in [-0.2, 0) is 10.5 Å². The molecule has 1 amide bonds. The van der Waals surface area contributed by atoms with Crippen molar-refractivity contribution in [3.63, 3.8) is 0 Å². The van der Waals surface area contributed by atoms with Crippen molar-refractivity contribution in [2.45, 2.75) is 5.66 Å². The summed E-state index contributed by atoms with van der Waals surface area (Å²) >= 11 is 5.96. The molecule has 1 aliphatic rings. The van der Waals surface area contributed by atoms with E-state index in [1.54, 1.807) is 43.7 Å². The minimum atomic E-state index is -0.894. The molecule has 1 aliphatic heterocycles. The van der Waals surface area contributed by atoms with Gasteiger partial charge in [-0.2, -0.15) is 5.06 Å². The van der Waals surface area contributed by atoms with Crippen molar-refractivity contribution < 1.29 is 9.63 Å². The van der Waals surface area contributed by atoms with E-state index < -0.39 is 5.66 Å². The van der Waals surface area contributed by atoms with Crippen LogP contribution in [-0.4, -0.2) is 30.1 Å². The van der Waals surface area contributed by atoms with Crippen LogP contribution < -0.4 is 5.32 Å². The fourth-order valence-electron chi connectivity index (χ4n) is 2.68. The second-order valence-corrected chi connectivity index (χ2v) is 5.21. The first-order valence-electron chi connectivity index (χ1n) is 6.40. The van der Waals surface area contributed by atoms with Crippen LogP contribution in [0.25, 0.3) is 0 Å². The van der Waals surface area contributed by atoms with E-state index in [-0.39, 0.29) is 5.91 Å². The van der Waals surface area contributed by atoms with Crippen LogP contribution in [0.1, 0.15) is 21.5 Å². The highest BCUT2D eigenvalue weighted by Gasteiger charge is 2.48. The number of nitrogens with one attached hydrogen (secondary N) is 1. The molecule has 1 atom stereocenters. The third kappa shape index (κ3) is 2.01. The maximum absolute atomic E-state index is 12.3. The Labute approximate surface area is 127 Å². The normalized spacial score (nSPS) is 20.5. The summed E-state index contributed by atoms with van der Waals surface area (Å²) in [7, 11) is 3.33. The molecule has 21 heavy (non-hydrogen) atoms. The third-order valence-corrected chi connectivity index (χ3v) is 4.01. The molecule has 6 heteroatoms. The maximum atomic E-state index is 12.3. The molecule has 0 bridgehead atoms. The number of hydrogen-bond donors (Lipinski definition) is 1. The summed E-state index contributed by atoms with van der Waals surface area (Å²) < 4.78 is 0. The molecule has 1 unspecified atom stereocenters. The first-order chi connectivity index (χ1) is 10.1. The molecule has 0 spiro atoms. The van der Waals surface area contributed by atoms with Crippen molar-refractivity contribution in [1.29, 1.82) is 0 Å². The second kappa shape index (κ2) is 5.11. The number of pyridine rings is 1. The van der Waals surface area contributed by atoms with E-state index in [2.05, 4.69) is 10.3 Å². The van der Waals surface area contributed by atoms with E-state index >= 15 is 0 Å². The molecule has 0 fully saturated rings. The highest BCUT2D eigenvalue weighted by Crippen LogP contribution is 2.39. The number of carbonyl (C=O) groups is 1. The van der Waals surface area contributed by atoms with Crippen molar-refractivity contribution in [1.82, 2.24) is 15.4 Å². The van der Waals surface area contributed by atoms with Crippen LogP contribution in [0.3, 0.4) is 0 Å². The van der Waals surface area contributed by atoms with Crippen LogP contribution >= 0.6 is 11.6 Å². The van der Waals surface area contributed by atoms with Gasteiger partial charge in [-0.05, 0) is 23.8 Å².